The first-order chi connectivity index (χ1) is 11.8. The predicted octanol–water partition coefficient (Wildman–Crippen LogP) is 5.66. The number of hydrogen-bond donors (Lipinski definition) is 0. The monoisotopic (exact) mass is 330 g/mol. The van der Waals surface area contributed by atoms with E-state index < -0.39 is 0 Å². The first-order valence-electron chi connectivity index (χ1n) is 8.29. The third-order valence-corrected chi connectivity index (χ3v) is 6.07. The normalized spacial score (nSPS) is 19.7. The minimum atomic E-state index is 0.714. The number of fused-ring (bicyclic) bond motifs is 1. The van der Waals surface area contributed by atoms with Gasteiger partial charge in [-0.3, -0.25) is 4.98 Å². The Morgan fingerprint density at radius 2 is 1.83 bits per heavy atom. The van der Waals surface area contributed by atoms with E-state index in [0.29, 0.717) is 5.25 Å². The Morgan fingerprint density at radius 3 is 2.58 bits per heavy atom. The van der Waals surface area contributed by atoms with Crippen molar-refractivity contribution in [2.75, 3.05) is 0 Å². The smallest absolute Gasteiger partial charge is 0.0998 e. The lowest BCUT2D eigenvalue weighted by Crippen LogP contribution is -2.23. The number of rotatable bonds is 3. The fourth-order valence-corrected chi connectivity index (χ4v) is 5.06. The second kappa shape index (κ2) is 6.30. The van der Waals surface area contributed by atoms with Gasteiger partial charge < -0.3 is 0 Å². The highest BCUT2D eigenvalue weighted by Crippen LogP contribution is 2.44. The van der Waals surface area contributed by atoms with Crippen LogP contribution < -0.4 is 0 Å². The highest BCUT2D eigenvalue weighted by molar-refractivity contribution is 8.00. The highest BCUT2D eigenvalue weighted by atomic mass is 32.2. The molecule has 1 aromatic heterocycles. The molecular formula is C21H18N2S. The number of nitrogens with zero attached hydrogens (tertiary/aromatic N) is 2. The largest absolute Gasteiger partial charge is 0.264 e. The molecule has 0 spiro atoms. The van der Waals surface area contributed by atoms with Gasteiger partial charge >= 0.3 is 0 Å². The average molecular weight is 330 g/mol. The van der Waals surface area contributed by atoms with Gasteiger partial charge in [0.15, 0.2) is 0 Å². The van der Waals surface area contributed by atoms with Crippen LogP contribution in [0.1, 0.15) is 25.3 Å². The molecule has 1 fully saturated rings. The highest BCUT2D eigenvalue weighted by Gasteiger charge is 2.27. The van der Waals surface area contributed by atoms with E-state index in [1.54, 1.807) is 0 Å². The first-order valence-corrected chi connectivity index (χ1v) is 9.17. The summed E-state index contributed by atoms with van der Waals surface area (Å²) in [6.45, 7) is 2.32. The molecule has 0 radical (unpaired) electrons. The van der Waals surface area contributed by atoms with E-state index in [2.05, 4.69) is 36.2 Å². The zero-order valence-corrected chi connectivity index (χ0v) is 14.4. The Morgan fingerprint density at radius 1 is 1.04 bits per heavy atom. The number of benzene rings is 2. The molecule has 118 valence electrons. The molecular weight excluding hydrogens is 312 g/mol. The molecule has 0 aliphatic heterocycles. The fourth-order valence-electron chi connectivity index (χ4n) is 3.42. The third kappa shape index (κ3) is 2.68. The Bertz CT molecular complexity index is 936. The molecule has 0 N–H and O–H groups in total. The van der Waals surface area contributed by atoms with Crippen molar-refractivity contribution in [2.45, 2.75) is 29.9 Å². The summed E-state index contributed by atoms with van der Waals surface area (Å²) in [4.78, 5) is 5.65. The van der Waals surface area contributed by atoms with Crippen molar-refractivity contribution in [3.63, 3.8) is 0 Å². The predicted molar refractivity (Wildman–Crippen MR) is 99.9 cm³/mol. The van der Waals surface area contributed by atoms with Gasteiger partial charge in [0.1, 0.15) is 0 Å². The molecule has 1 aliphatic rings. The van der Waals surface area contributed by atoms with E-state index in [-0.39, 0.29) is 0 Å². The molecule has 0 amide bonds. The number of hydrogen-bond acceptors (Lipinski definition) is 3. The molecule has 1 saturated carbocycles. The maximum absolute atomic E-state index is 9.37. The van der Waals surface area contributed by atoms with E-state index in [1.165, 1.54) is 23.3 Å². The van der Waals surface area contributed by atoms with Crippen LogP contribution in [0.2, 0.25) is 0 Å². The van der Waals surface area contributed by atoms with Crippen molar-refractivity contribution >= 4 is 22.5 Å². The zero-order chi connectivity index (χ0) is 16.5. The summed E-state index contributed by atoms with van der Waals surface area (Å²) in [6, 6.07) is 16.5. The molecule has 2 nitrogen and oxygen atoms in total. The van der Waals surface area contributed by atoms with E-state index in [9.17, 15) is 5.26 Å². The lowest BCUT2D eigenvalue weighted by atomic mass is 9.87. The van der Waals surface area contributed by atoms with Crippen molar-refractivity contribution in [3.8, 4) is 17.2 Å². The lowest BCUT2D eigenvalue weighted by molar-refractivity contribution is 0.360. The molecule has 24 heavy (non-hydrogen) atoms. The van der Waals surface area contributed by atoms with Gasteiger partial charge in [-0.05, 0) is 41.8 Å². The number of pyridine rings is 1. The molecule has 2 aromatic carbocycles. The van der Waals surface area contributed by atoms with Crippen LogP contribution >= 0.6 is 11.8 Å². The topological polar surface area (TPSA) is 36.7 Å². The van der Waals surface area contributed by atoms with E-state index >= 15 is 0 Å². The van der Waals surface area contributed by atoms with Gasteiger partial charge in [0.2, 0.25) is 0 Å². The quantitative estimate of drug-likeness (QED) is 0.621. The van der Waals surface area contributed by atoms with E-state index in [1.807, 2.05) is 48.4 Å². The molecule has 1 heterocycles. The standard InChI is InChI=1S/C21H18N2S/c1-14-10-16(11-14)24-21-8-9-23-13-20(21)19-7-6-15(12-22)17-4-2-3-5-18(17)19/h2-9,13-14,16H,10-11H2,1H3/t14-,16-. The Kier molecular flexibility index (Phi) is 4.00. The van der Waals surface area contributed by atoms with Crippen molar-refractivity contribution < 1.29 is 0 Å². The van der Waals surface area contributed by atoms with Crippen molar-refractivity contribution in [1.82, 2.24) is 4.98 Å². The van der Waals surface area contributed by atoms with Crippen LogP contribution in [0.3, 0.4) is 0 Å². The number of aromatic nitrogens is 1. The zero-order valence-electron chi connectivity index (χ0n) is 13.6. The molecule has 3 aromatic rings. The van der Waals surface area contributed by atoms with E-state index in [4.69, 9.17) is 0 Å². The van der Waals surface area contributed by atoms with Gasteiger partial charge in [-0.2, -0.15) is 5.26 Å². The molecule has 1 aliphatic carbocycles. The minimum Gasteiger partial charge on any atom is -0.264 e. The van der Waals surface area contributed by atoms with Crippen LogP contribution in [-0.4, -0.2) is 10.2 Å². The Hall–Kier alpha value is -2.31. The Balaban J connectivity index is 1.82. The maximum Gasteiger partial charge on any atom is 0.0998 e. The fraction of sp³-hybridized carbons (Fsp3) is 0.238. The van der Waals surface area contributed by atoms with Crippen LogP contribution in [-0.2, 0) is 0 Å². The molecule has 3 heteroatoms. The SMILES string of the molecule is C[C@H]1C[C@H](Sc2ccncc2-c2ccc(C#N)c3ccccc23)C1. The molecule has 4 rings (SSSR count). The lowest BCUT2D eigenvalue weighted by Gasteiger charge is -2.32. The van der Waals surface area contributed by atoms with E-state index in [0.717, 1.165) is 27.8 Å². The second-order valence-corrected chi connectivity index (χ2v) is 7.85. The van der Waals surface area contributed by atoms with Crippen LogP contribution in [0.5, 0.6) is 0 Å². The molecule has 0 unspecified atom stereocenters. The van der Waals surface area contributed by atoms with Crippen LogP contribution in [0, 0.1) is 17.2 Å². The first kappa shape index (κ1) is 15.2. The van der Waals surface area contributed by atoms with Crippen molar-refractivity contribution in [3.05, 3.63) is 60.4 Å². The van der Waals surface area contributed by atoms with Gasteiger partial charge in [0.05, 0.1) is 11.6 Å². The average Bonchev–Trinajstić information content (AvgIpc) is 2.60. The summed E-state index contributed by atoms with van der Waals surface area (Å²) < 4.78 is 0. The third-order valence-electron chi connectivity index (χ3n) is 4.74. The van der Waals surface area contributed by atoms with Gasteiger partial charge in [-0.25, -0.2) is 0 Å². The summed E-state index contributed by atoms with van der Waals surface area (Å²) in [5, 5.41) is 12.2. The molecule has 0 bridgehead atoms. The molecule has 0 atom stereocenters. The second-order valence-electron chi connectivity index (χ2n) is 6.51. The van der Waals surface area contributed by atoms with Crippen molar-refractivity contribution in [1.29, 1.82) is 5.26 Å². The summed E-state index contributed by atoms with van der Waals surface area (Å²) in [6.07, 6.45) is 6.42. The number of thioether (sulfide) groups is 1. The summed E-state index contributed by atoms with van der Waals surface area (Å²) in [5.74, 6) is 0.850. The van der Waals surface area contributed by atoms with Gasteiger partial charge in [-0.1, -0.05) is 37.3 Å². The van der Waals surface area contributed by atoms with Crippen LogP contribution in [0.4, 0.5) is 0 Å². The summed E-state index contributed by atoms with van der Waals surface area (Å²) >= 11 is 1.97. The van der Waals surface area contributed by atoms with Gasteiger partial charge in [-0.15, -0.1) is 11.8 Å². The molecule has 0 saturated heterocycles. The van der Waals surface area contributed by atoms with Crippen LogP contribution in [0.15, 0.2) is 59.8 Å². The summed E-state index contributed by atoms with van der Waals surface area (Å²) in [7, 11) is 0. The van der Waals surface area contributed by atoms with Crippen molar-refractivity contribution in [2.24, 2.45) is 5.92 Å². The van der Waals surface area contributed by atoms with Gasteiger partial charge in [0.25, 0.3) is 0 Å². The maximum atomic E-state index is 9.37. The van der Waals surface area contributed by atoms with Gasteiger partial charge in [0, 0.05) is 33.5 Å². The Labute approximate surface area is 146 Å². The van der Waals surface area contributed by atoms with Crippen LogP contribution in [0.25, 0.3) is 21.9 Å². The minimum absolute atomic E-state index is 0.714. The number of nitriles is 1. The summed E-state index contributed by atoms with van der Waals surface area (Å²) in [5.41, 5.74) is 3.05.